The number of benzene rings is 1. The summed E-state index contributed by atoms with van der Waals surface area (Å²) in [6, 6.07) is 5.33. The van der Waals surface area contributed by atoms with Gasteiger partial charge in [-0.05, 0) is 18.2 Å². The first kappa shape index (κ1) is 13.9. The molecule has 1 aromatic carbocycles. The zero-order chi connectivity index (χ0) is 13.0. The van der Waals surface area contributed by atoms with Crippen LogP contribution in [0.4, 0.5) is 0 Å². The first-order chi connectivity index (χ1) is 8.65. The molecular formula is C12H15Cl2NO3. The van der Waals surface area contributed by atoms with Crippen molar-refractivity contribution in [2.45, 2.75) is 12.1 Å². The van der Waals surface area contributed by atoms with Crippen molar-refractivity contribution in [2.24, 2.45) is 0 Å². The maximum atomic E-state index is 9.73. The van der Waals surface area contributed by atoms with E-state index in [9.17, 15) is 5.11 Å². The minimum atomic E-state index is -0.586. The lowest BCUT2D eigenvalue weighted by atomic mass is 10.2. The minimum absolute atomic E-state index is 0.182. The molecular weight excluding hydrogens is 277 g/mol. The molecule has 0 aromatic heterocycles. The van der Waals surface area contributed by atoms with Crippen LogP contribution in [0.1, 0.15) is 0 Å². The lowest BCUT2D eigenvalue weighted by molar-refractivity contribution is -0.0118. The van der Waals surface area contributed by atoms with Crippen LogP contribution in [0.5, 0.6) is 5.75 Å². The fourth-order valence-corrected chi connectivity index (χ4v) is 1.96. The summed E-state index contributed by atoms with van der Waals surface area (Å²) in [5, 5.41) is 13.9. The standard InChI is InChI=1S/C12H15Cl2NO3/c13-8-1-2-12(11(14)3-8)18-7-10(16)4-15-9-5-17-6-9/h1-3,9-10,15-16H,4-7H2. The van der Waals surface area contributed by atoms with Crippen LogP contribution in [0.25, 0.3) is 0 Å². The van der Waals surface area contributed by atoms with Crippen LogP contribution < -0.4 is 10.1 Å². The Morgan fingerprint density at radius 3 is 2.83 bits per heavy atom. The lowest BCUT2D eigenvalue weighted by Gasteiger charge is -2.28. The molecule has 1 aliphatic rings. The number of hydrogen-bond donors (Lipinski definition) is 2. The summed E-state index contributed by atoms with van der Waals surface area (Å²) in [5.41, 5.74) is 0. The topological polar surface area (TPSA) is 50.7 Å². The van der Waals surface area contributed by atoms with Gasteiger partial charge < -0.3 is 19.9 Å². The largest absolute Gasteiger partial charge is 0.489 e. The lowest BCUT2D eigenvalue weighted by Crippen LogP contribution is -2.49. The van der Waals surface area contributed by atoms with E-state index < -0.39 is 6.10 Å². The summed E-state index contributed by atoms with van der Waals surface area (Å²) in [7, 11) is 0. The monoisotopic (exact) mass is 291 g/mol. The normalized spacial score (nSPS) is 17.3. The highest BCUT2D eigenvalue weighted by Gasteiger charge is 2.18. The van der Waals surface area contributed by atoms with Gasteiger partial charge in [-0.3, -0.25) is 0 Å². The molecule has 18 heavy (non-hydrogen) atoms. The number of halogens is 2. The van der Waals surface area contributed by atoms with Gasteiger partial charge in [0.15, 0.2) is 0 Å². The van der Waals surface area contributed by atoms with E-state index in [-0.39, 0.29) is 6.61 Å². The van der Waals surface area contributed by atoms with Gasteiger partial charge in [0.2, 0.25) is 0 Å². The number of rotatable bonds is 6. The van der Waals surface area contributed by atoms with Crippen LogP contribution in [-0.4, -0.2) is 43.6 Å². The molecule has 1 saturated heterocycles. The first-order valence-corrected chi connectivity index (χ1v) is 6.48. The maximum absolute atomic E-state index is 9.73. The average molecular weight is 292 g/mol. The van der Waals surface area contributed by atoms with Gasteiger partial charge in [-0.15, -0.1) is 0 Å². The van der Waals surface area contributed by atoms with Gasteiger partial charge in [-0.1, -0.05) is 23.2 Å². The van der Waals surface area contributed by atoms with Gasteiger partial charge in [0.25, 0.3) is 0 Å². The highest BCUT2D eigenvalue weighted by atomic mass is 35.5. The summed E-state index contributed by atoms with van der Waals surface area (Å²) in [6.07, 6.45) is -0.586. The van der Waals surface area contributed by atoms with Gasteiger partial charge in [0.05, 0.1) is 24.3 Å². The second-order valence-corrected chi connectivity index (χ2v) is 5.03. The third kappa shape index (κ3) is 4.00. The van der Waals surface area contributed by atoms with Crippen molar-refractivity contribution >= 4 is 23.2 Å². The highest BCUT2D eigenvalue weighted by molar-refractivity contribution is 6.35. The summed E-state index contributed by atoms with van der Waals surface area (Å²) < 4.78 is 10.4. The Bertz CT molecular complexity index is 399. The molecule has 6 heteroatoms. The SMILES string of the molecule is OC(CNC1COC1)COc1ccc(Cl)cc1Cl. The number of ether oxygens (including phenoxy) is 2. The van der Waals surface area contributed by atoms with Crippen molar-refractivity contribution in [3.8, 4) is 5.75 Å². The summed E-state index contributed by atoms with van der Waals surface area (Å²) >= 11 is 11.7. The molecule has 1 fully saturated rings. The Labute approximate surface area is 116 Å². The van der Waals surface area contributed by atoms with Crippen LogP contribution in [-0.2, 0) is 4.74 Å². The Kier molecular flexibility index (Phi) is 5.09. The van der Waals surface area contributed by atoms with E-state index in [0.29, 0.717) is 41.6 Å². The Morgan fingerprint density at radius 2 is 2.22 bits per heavy atom. The maximum Gasteiger partial charge on any atom is 0.138 e. The Hall–Kier alpha value is -0.520. The molecule has 0 bridgehead atoms. The second kappa shape index (κ2) is 6.59. The predicted octanol–water partition coefficient (Wildman–Crippen LogP) is 1.72. The van der Waals surface area contributed by atoms with Crippen LogP contribution in [0.2, 0.25) is 10.0 Å². The van der Waals surface area contributed by atoms with E-state index in [1.165, 1.54) is 0 Å². The molecule has 4 nitrogen and oxygen atoms in total. The van der Waals surface area contributed by atoms with Crippen LogP contribution in [0.3, 0.4) is 0 Å². The van der Waals surface area contributed by atoms with Crippen molar-refractivity contribution < 1.29 is 14.6 Å². The molecule has 1 atom stereocenters. The van der Waals surface area contributed by atoms with Crippen LogP contribution in [0.15, 0.2) is 18.2 Å². The Balaban J connectivity index is 1.72. The molecule has 100 valence electrons. The van der Waals surface area contributed by atoms with Gasteiger partial charge in [0, 0.05) is 11.6 Å². The van der Waals surface area contributed by atoms with E-state index in [4.69, 9.17) is 32.7 Å². The van der Waals surface area contributed by atoms with Gasteiger partial charge in [-0.2, -0.15) is 0 Å². The van der Waals surface area contributed by atoms with Crippen molar-refractivity contribution in [2.75, 3.05) is 26.4 Å². The van der Waals surface area contributed by atoms with Crippen molar-refractivity contribution in [1.29, 1.82) is 0 Å². The van der Waals surface area contributed by atoms with E-state index in [0.717, 1.165) is 0 Å². The fraction of sp³-hybridized carbons (Fsp3) is 0.500. The molecule has 0 amide bonds. The number of hydrogen-bond acceptors (Lipinski definition) is 4. The third-order valence-electron chi connectivity index (χ3n) is 2.61. The van der Waals surface area contributed by atoms with Gasteiger partial charge >= 0.3 is 0 Å². The molecule has 1 unspecified atom stereocenters. The summed E-state index contributed by atoms with van der Waals surface area (Å²) in [4.78, 5) is 0. The number of aliphatic hydroxyl groups is 1. The van der Waals surface area contributed by atoms with E-state index in [1.807, 2.05) is 0 Å². The van der Waals surface area contributed by atoms with E-state index >= 15 is 0 Å². The van der Waals surface area contributed by atoms with Crippen LogP contribution in [0, 0.1) is 0 Å². The first-order valence-electron chi connectivity index (χ1n) is 5.72. The highest BCUT2D eigenvalue weighted by Crippen LogP contribution is 2.27. The quantitative estimate of drug-likeness (QED) is 0.838. The molecule has 0 saturated carbocycles. The zero-order valence-corrected chi connectivity index (χ0v) is 11.2. The van der Waals surface area contributed by atoms with Crippen LogP contribution >= 0.6 is 23.2 Å². The minimum Gasteiger partial charge on any atom is -0.489 e. The van der Waals surface area contributed by atoms with Crippen molar-refractivity contribution in [3.63, 3.8) is 0 Å². The molecule has 2 N–H and O–H groups in total. The fourth-order valence-electron chi connectivity index (χ4n) is 1.49. The summed E-state index contributed by atoms with van der Waals surface area (Å²) in [6.45, 7) is 2.06. The van der Waals surface area contributed by atoms with Crippen molar-refractivity contribution in [1.82, 2.24) is 5.32 Å². The molecule has 1 heterocycles. The molecule has 0 spiro atoms. The molecule has 1 aliphatic heterocycles. The molecule has 1 aromatic rings. The summed E-state index contributed by atoms with van der Waals surface area (Å²) in [5.74, 6) is 0.520. The molecule has 0 radical (unpaired) electrons. The third-order valence-corrected chi connectivity index (χ3v) is 3.14. The number of nitrogens with one attached hydrogen (secondary N) is 1. The van der Waals surface area contributed by atoms with E-state index in [1.54, 1.807) is 18.2 Å². The molecule has 2 rings (SSSR count). The van der Waals surface area contributed by atoms with Gasteiger partial charge in [0.1, 0.15) is 18.5 Å². The second-order valence-electron chi connectivity index (χ2n) is 4.18. The van der Waals surface area contributed by atoms with E-state index in [2.05, 4.69) is 5.32 Å². The smallest absolute Gasteiger partial charge is 0.138 e. The van der Waals surface area contributed by atoms with Gasteiger partial charge in [-0.25, -0.2) is 0 Å². The predicted molar refractivity (Wildman–Crippen MR) is 70.6 cm³/mol. The molecule has 0 aliphatic carbocycles. The number of aliphatic hydroxyl groups excluding tert-OH is 1. The Morgan fingerprint density at radius 1 is 1.44 bits per heavy atom. The average Bonchev–Trinajstić information content (AvgIpc) is 2.25. The zero-order valence-electron chi connectivity index (χ0n) is 9.73. The van der Waals surface area contributed by atoms with Crippen molar-refractivity contribution in [3.05, 3.63) is 28.2 Å².